The molecule has 0 radical (unpaired) electrons. The van der Waals surface area contributed by atoms with Crippen LogP contribution in [0.1, 0.15) is 56.0 Å². The monoisotopic (exact) mass is 325 g/mol. The van der Waals surface area contributed by atoms with Crippen LogP contribution in [0.5, 0.6) is 0 Å². The Bertz CT molecular complexity index is 429. The normalized spacial score (nSPS) is 10.8. The molecule has 0 aliphatic heterocycles. The van der Waals surface area contributed by atoms with E-state index < -0.39 is 0 Å². The first-order valence-electron chi connectivity index (χ1n) is 7.04. The Hall–Kier alpha value is -0.830. The van der Waals surface area contributed by atoms with E-state index in [0.717, 1.165) is 28.6 Å². The summed E-state index contributed by atoms with van der Waals surface area (Å²) in [7, 11) is 0. The summed E-state index contributed by atoms with van der Waals surface area (Å²) in [5.74, 6) is 0.143. The zero-order valence-electron chi connectivity index (χ0n) is 12.4. The smallest absolute Gasteiger partial charge is 0.254 e. The van der Waals surface area contributed by atoms with Gasteiger partial charge in [-0.3, -0.25) is 4.79 Å². The standard InChI is InChI=1S/C16H24BrNO/c1-5-6-7-10-18(12(2)3)16(19)15-11-14(17)9-8-13(15)4/h8-9,11-12H,5-7,10H2,1-4H3. The highest BCUT2D eigenvalue weighted by molar-refractivity contribution is 9.10. The fourth-order valence-corrected chi connectivity index (χ4v) is 2.47. The van der Waals surface area contributed by atoms with Gasteiger partial charge in [0.15, 0.2) is 0 Å². The predicted molar refractivity (Wildman–Crippen MR) is 84.6 cm³/mol. The number of hydrogen-bond donors (Lipinski definition) is 0. The van der Waals surface area contributed by atoms with E-state index in [1.165, 1.54) is 12.8 Å². The van der Waals surface area contributed by atoms with Gasteiger partial charge >= 0.3 is 0 Å². The predicted octanol–water partition coefficient (Wildman–Crippen LogP) is 4.80. The van der Waals surface area contributed by atoms with Crippen molar-refractivity contribution in [2.24, 2.45) is 0 Å². The molecule has 106 valence electrons. The van der Waals surface area contributed by atoms with Crippen molar-refractivity contribution >= 4 is 21.8 Å². The van der Waals surface area contributed by atoms with Gasteiger partial charge in [0.05, 0.1) is 0 Å². The van der Waals surface area contributed by atoms with Crippen molar-refractivity contribution in [1.82, 2.24) is 4.90 Å². The van der Waals surface area contributed by atoms with Gasteiger partial charge in [-0.15, -0.1) is 0 Å². The van der Waals surface area contributed by atoms with Gasteiger partial charge < -0.3 is 4.90 Å². The Labute approximate surface area is 125 Å². The number of carbonyl (C=O) groups excluding carboxylic acids is 1. The van der Waals surface area contributed by atoms with Crippen molar-refractivity contribution in [3.05, 3.63) is 33.8 Å². The van der Waals surface area contributed by atoms with Gasteiger partial charge in [0.1, 0.15) is 0 Å². The second-order valence-electron chi connectivity index (χ2n) is 5.26. The summed E-state index contributed by atoms with van der Waals surface area (Å²) in [4.78, 5) is 14.6. The molecule has 1 aromatic carbocycles. The summed E-state index contributed by atoms with van der Waals surface area (Å²) < 4.78 is 0.957. The number of hydrogen-bond acceptors (Lipinski definition) is 1. The summed E-state index contributed by atoms with van der Waals surface area (Å²) in [6.45, 7) is 9.18. The van der Waals surface area contributed by atoms with Crippen LogP contribution in [-0.2, 0) is 0 Å². The van der Waals surface area contributed by atoms with Crippen LogP contribution in [0.3, 0.4) is 0 Å². The number of halogens is 1. The van der Waals surface area contributed by atoms with E-state index in [2.05, 4.69) is 36.7 Å². The van der Waals surface area contributed by atoms with Gasteiger partial charge in [0.2, 0.25) is 0 Å². The van der Waals surface area contributed by atoms with Crippen LogP contribution in [0, 0.1) is 6.92 Å². The van der Waals surface area contributed by atoms with Crippen molar-refractivity contribution in [1.29, 1.82) is 0 Å². The van der Waals surface area contributed by atoms with Gasteiger partial charge in [0, 0.05) is 22.6 Å². The molecule has 0 atom stereocenters. The average Bonchev–Trinajstić information content (AvgIpc) is 2.36. The zero-order chi connectivity index (χ0) is 14.4. The minimum atomic E-state index is 0.143. The van der Waals surface area contributed by atoms with Crippen LogP contribution in [-0.4, -0.2) is 23.4 Å². The van der Waals surface area contributed by atoms with E-state index in [9.17, 15) is 4.79 Å². The fraction of sp³-hybridized carbons (Fsp3) is 0.562. The van der Waals surface area contributed by atoms with Crippen molar-refractivity contribution in [3.8, 4) is 0 Å². The highest BCUT2D eigenvalue weighted by Crippen LogP contribution is 2.19. The molecule has 1 aromatic rings. The maximum absolute atomic E-state index is 12.7. The number of aryl methyl sites for hydroxylation is 1. The Morgan fingerprint density at radius 1 is 1.32 bits per heavy atom. The largest absolute Gasteiger partial charge is 0.336 e. The minimum Gasteiger partial charge on any atom is -0.336 e. The second kappa shape index (κ2) is 7.68. The van der Waals surface area contributed by atoms with Crippen molar-refractivity contribution in [3.63, 3.8) is 0 Å². The van der Waals surface area contributed by atoms with Gasteiger partial charge in [-0.25, -0.2) is 0 Å². The lowest BCUT2D eigenvalue weighted by molar-refractivity contribution is 0.0701. The third kappa shape index (κ3) is 4.64. The molecule has 3 heteroatoms. The molecule has 2 nitrogen and oxygen atoms in total. The first-order valence-corrected chi connectivity index (χ1v) is 7.83. The maximum atomic E-state index is 12.7. The number of nitrogens with zero attached hydrogens (tertiary/aromatic N) is 1. The van der Waals surface area contributed by atoms with Gasteiger partial charge in [-0.2, -0.15) is 0 Å². The second-order valence-corrected chi connectivity index (χ2v) is 6.17. The molecule has 0 spiro atoms. The Kier molecular flexibility index (Phi) is 6.56. The van der Waals surface area contributed by atoms with Gasteiger partial charge in [-0.1, -0.05) is 41.8 Å². The summed E-state index contributed by atoms with van der Waals surface area (Å²) in [5, 5.41) is 0. The number of unbranched alkanes of at least 4 members (excludes halogenated alkanes) is 2. The van der Waals surface area contributed by atoms with Crippen LogP contribution in [0.15, 0.2) is 22.7 Å². The minimum absolute atomic E-state index is 0.143. The molecule has 0 saturated heterocycles. The molecule has 0 saturated carbocycles. The van der Waals surface area contributed by atoms with E-state index >= 15 is 0 Å². The van der Waals surface area contributed by atoms with Gasteiger partial charge in [-0.05, 0) is 44.9 Å². The summed E-state index contributed by atoms with van der Waals surface area (Å²) >= 11 is 3.44. The lowest BCUT2D eigenvalue weighted by Gasteiger charge is -2.27. The first-order chi connectivity index (χ1) is 8.97. The van der Waals surface area contributed by atoms with Crippen molar-refractivity contribution in [2.75, 3.05) is 6.54 Å². The lowest BCUT2D eigenvalue weighted by atomic mass is 10.1. The Morgan fingerprint density at radius 3 is 2.58 bits per heavy atom. The molecule has 0 aliphatic carbocycles. The van der Waals surface area contributed by atoms with E-state index in [0.29, 0.717) is 0 Å². The quantitative estimate of drug-likeness (QED) is 0.688. The zero-order valence-corrected chi connectivity index (χ0v) is 14.0. The molecule has 0 fully saturated rings. The number of benzene rings is 1. The van der Waals surface area contributed by atoms with Crippen LogP contribution < -0.4 is 0 Å². The molecule has 0 aliphatic rings. The van der Waals surface area contributed by atoms with Gasteiger partial charge in [0.25, 0.3) is 5.91 Å². The summed E-state index contributed by atoms with van der Waals surface area (Å²) in [6.07, 6.45) is 3.43. The van der Waals surface area contributed by atoms with Crippen molar-refractivity contribution < 1.29 is 4.79 Å². The van der Waals surface area contributed by atoms with Crippen molar-refractivity contribution in [2.45, 2.75) is 53.0 Å². The van der Waals surface area contributed by atoms with E-state index in [1.807, 2.05) is 30.0 Å². The molecule has 0 aromatic heterocycles. The first kappa shape index (κ1) is 16.2. The highest BCUT2D eigenvalue weighted by Gasteiger charge is 2.19. The lowest BCUT2D eigenvalue weighted by Crippen LogP contribution is -2.38. The number of amides is 1. The third-order valence-corrected chi connectivity index (χ3v) is 3.81. The number of rotatable bonds is 6. The van der Waals surface area contributed by atoms with Crippen LogP contribution in [0.25, 0.3) is 0 Å². The molecular formula is C16H24BrNO. The number of carbonyl (C=O) groups is 1. The topological polar surface area (TPSA) is 20.3 Å². The fourth-order valence-electron chi connectivity index (χ4n) is 2.11. The SMILES string of the molecule is CCCCCN(C(=O)c1cc(Br)ccc1C)C(C)C. The molecular weight excluding hydrogens is 302 g/mol. The van der Waals surface area contributed by atoms with Crippen LogP contribution in [0.4, 0.5) is 0 Å². The third-order valence-electron chi connectivity index (χ3n) is 3.32. The molecule has 0 heterocycles. The molecule has 1 amide bonds. The van der Waals surface area contributed by atoms with Crippen LogP contribution >= 0.6 is 15.9 Å². The Balaban J connectivity index is 2.89. The summed E-state index contributed by atoms with van der Waals surface area (Å²) in [6, 6.07) is 6.13. The molecule has 0 unspecified atom stereocenters. The molecule has 0 bridgehead atoms. The van der Waals surface area contributed by atoms with E-state index in [4.69, 9.17) is 0 Å². The Morgan fingerprint density at radius 2 is 2.00 bits per heavy atom. The van der Waals surface area contributed by atoms with E-state index in [1.54, 1.807) is 0 Å². The molecule has 0 N–H and O–H groups in total. The highest BCUT2D eigenvalue weighted by atomic mass is 79.9. The van der Waals surface area contributed by atoms with E-state index in [-0.39, 0.29) is 11.9 Å². The maximum Gasteiger partial charge on any atom is 0.254 e. The summed E-state index contributed by atoms with van der Waals surface area (Å²) in [5.41, 5.74) is 1.84. The van der Waals surface area contributed by atoms with Crippen LogP contribution in [0.2, 0.25) is 0 Å². The average molecular weight is 326 g/mol. The molecule has 1 rings (SSSR count). The molecule has 19 heavy (non-hydrogen) atoms.